The molecule has 1 aromatic rings. The lowest BCUT2D eigenvalue weighted by Crippen LogP contribution is -2.34. The summed E-state index contributed by atoms with van der Waals surface area (Å²) in [7, 11) is 0. The zero-order valence-corrected chi connectivity index (χ0v) is 12.8. The van der Waals surface area contributed by atoms with Crippen LogP contribution in [0.25, 0.3) is 0 Å². The van der Waals surface area contributed by atoms with E-state index in [1.807, 2.05) is 39.0 Å². The number of piperidine rings is 1. The fourth-order valence-electron chi connectivity index (χ4n) is 2.62. The molecule has 0 N–H and O–H groups in total. The van der Waals surface area contributed by atoms with Crippen molar-refractivity contribution >= 4 is 5.78 Å². The molecule has 3 heteroatoms. The van der Waals surface area contributed by atoms with Gasteiger partial charge in [0.1, 0.15) is 5.75 Å². The Balaban J connectivity index is 2.12. The topological polar surface area (TPSA) is 29.5 Å². The molecule has 0 spiro atoms. The number of hydrogen-bond donors (Lipinski definition) is 0. The minimum absolute atomic E-state index is 0.0826. The number of carbonyl (C=O) groups is 1. The Kier molecular flexibility index (Phi) is 5.18. The van der Waals surface area contributed by atoms with E-state index in [9.17, 15) is 4.79 Å². The molecule has 3 nitrogen and oxygen atoms in total. The van der Waals surface area contributed by atoms with E-state index in [0.717, 1.165) is 24.2 Å². The average molecular weight is 275 g/mol. The van der Waals surface area contributed by atoms with Crippen molar-refractivity contribution < 1.29 is 9.53 Å². The maximum atomic E-state index is 12.5. The van der Waals surface area contributed by atoms with Gasteiger partial charge in [0.05, 0.1) is 18.2 Å². The van der Waals surface area contributed by atoms with Gasteiger partial charge in [-0.3, -0.25) is 9.69 Å². The van der Waals surface area contributed by atoms with Gasteiger partial charge in [0.15, 0.2) is 5.78 Å². The fraction of sp³-hybridized carbons (Fsp3) is 0.588. The molecule has 1 aliphatic heterocycles. The van der Waals surface area contributed by atoms with Crippen molar-refractivity contribution in [2.24, 2.45) is 0 Å². The van der Waals surface area contributed by atoms with E-state index in [4.69, 9.17) is 4.74 Å². The van der Waals surface area contributed by atoms with Crippen LogP contribution in [0.4, 0.5) is 0 Å². The molecule has 0 unspecified atom stereocenters. The Labute approximate surface area is 121 Å². The highest BCUT2D eigenvalue weighted by Crippen LogP contribution is 2.22. The molecule has 20 heavy (non-hydrogen) atoms. The third-order valence-electron chi connectivity index (χ3n) is 3.61. The molecule has 1 aromatic carbocycles. The SMILES string of the molecule is Cc1ccc(OC(C)C)c(C(=O)CN2CCCCC2)c1. The van der Waals surface area contributed by atoms with Crippen LogP contribution in [-0.4, -0.2) is 36.4 Å². The zero-order chi connectivity index (χ0) is 14.5. The van der Waals surface area contributed by atoms with E-state index in [2.05, 4.69) is 4.90 Å². The summed E-state index contributed by atoms with van der Waals surface area (Å²) in [6.45, 7) is 8.57. The summed E-state index contributed by atoms with van der Waals surface area (Å²) in [6.07, 6.45) is 3.78. The summed E-state index contributed by atoms with van der Waals surface area (Å²) in [5.74, 6) is 0.888. The molecule has 2 rings (SSSR count). The van der Waals surface area contributed by atoms with Crippen LogP contribution in [0.2, 0.25) is 0 Å². The maximum Gasteiger partial charge on any atom is 0.180 e. The van der Waals surface area contributed by atoms with Crippen molar-refractivity contribution in [1.82, 2.24) is 4.90 Å². The highest BCUT2D eigenvalue weighted by atomic mass is 16.5. The molecule has 0 aromatic heterocycles. The first-order valence-corrected chi connectivity index (χ1v) is 7.59. The van der Waals surface area contributed by atoms with Crippen molar-refractivity contribution in [1.29, 1.82) is 0 Å². The van der Waals surface area contributed by atoms with E-state index < -0.39 is 0 Å². The maximum absolute atomic E-state index is 12.5. The van der Waals surface area contributed by atoms with Crippen molar-refractivity contribution in [3.63, 3.8) is 0 Å². The smallest absolute Gasteiger partial charge is 0.180 e. The number of ketones is 1. The average Bonchev–Trinajstić information content (AvgIpc) is 2.41. The number of aryl methyl sites for hydroxylation is 1. The van der Waals surface area contributed by atoms with Crippen LogP contribution in [0.1, 0.15) is 49.0 Å². The van der Waals surface area contributed by atoms with Gasteiger partial charge in [-0.2, -0.15) is 0 Å². The Bertz CT molecular complexity index is 462. The number of Topliss-reactive ketones (excluding diaryl/α,β-unsaturated/α-hetero) is 1. The summed E-state index contributed by atoms with van der Waals surface area (Å²) in [4.78, 5) is 14.8. The van der Waals surface area contributed by atoms with Gasteiger partial charge in [0.25, 0.3) is 0 Å². The molecule has 1 fully saturated rings. The van der Waals surface area contributed by atoms with Crippen LogP contribution in [0.5, 0.6) is 5.75 Å². The quantitative estimate of drug-likeness (QED) is 0.771. The molecule has 0 amide bonds. The summed E-state index contributed by atoms with van der Waals surface area (Å²) in [5, 5.41) is 0. The predicted molar refractivity (Wildman–Crippen MR) is 81.6 cm³/mol. The monoisotopic (exact) mass is 275 g/mol. The van der Waals surface area contributed by atoms with Gasteiger partial charge in [-0.1, -0.05) is 18.1 Å². The first kappa shape index (κ1) is 15.0. The van der Waals surface area contributed by atoms with E-state index >= 15 is 0 Å². The Hall–Kier alpha value is -1.35. The fourth-order valence-corrected chi connectivity index (χ4v) is 2.62. The lowest BCUT2D eigenvalue weighted by molar-refractivity contribution is 0.0910. The number of rotatable bonds is 5. The van der Waals surface area contributed by atoms with Crippen LogP contribution in [-0.2, 0) is 0 Å². The Morgan fingerprint density at radius 3 is 2.60 bits per heavy atom. The van der Waals surface area contributed by atoms with Crippen LogP contribution in [0, 0.1) is 6.92 Å². The normalized spacial score (nSPS) is 16.4. The number of likely N-dealkylation sites (tertiary alicyclic amines) is 1. The number of benzene rings is 1. The lowest BCUT2D eigenvalue weighted by Gasteiger charge is -2.26. The first-order chi connectivity index (χ1) is 9.56. The molecule has 0 atom stereocenters. The summed E-state index contributed by atoms with van der Waals surface area (Å²) in [5.41, 5.74) is 1.83. The third-order valence-corrected chi connectivity index (χ3v) is 3.61. The van der Waals surface area contributed by atoms with E-state index in [1.165, 1.54) is 19.3 Å². The first-order valence-electron chi connectivity index (χ1n) is 7.59. The molecular formula is C17H25NO2. The highest BCUT2D eigenvalue weighted by Gasteiger charge is 2.18. The molecule has 0 bridgehead atoms. The minimum atomic E-state index is 0.0826. The number of hydrogen-bond acceptors (Lipinski definition) is 3. The molecule has 1 aliphatic rings. The van der Waals surface area contributed by atoms with E-state index in [1.54, 1.807) is 0 Å². The standard InChI is InChI=1S/C17H25NO2/c1-13(2)20-17-8-7-14(3)11-15(17)16(19)12-18-9-5-4-6-10-18/h7-8,11,13H,4-6,9-10,12H2,1-3H3. The van der Waals surface area contributed by atoms with Crippen LogP contribution >= 0.6 is 0 Å². The Morgan fingerprint density at radius 2 is 1.95 bits per heavy atom. The molecular weight excluding hydrogens is 250 g/mol. The second-order valence-corrected chi connectivity index (χ2v) is 5.93. The van der Waals surface area contributed by atoms with Crippen molar-refractivity contribution in [3.8, 4) is 5.75 Å². The van der Waals surface area contributed by atoms with Gasteiger partial charge in [-0.15, -0.1) is 0 Å². The second kappa shape index (κ2) is 6.89. The number of nitrogens with zero attached hydrogens (tertiary/aromatic N) is 1. The summed E-state index contributed by atoms with van der Waals surface area (Å²) < 4.78 is 5.77. The van der Waals surface area contributed by atoms with Gasteiger partial charge >= 0.3 is 0 Å². The van der Waals surface area contributed by atoms with Crippen LogP contribution < -0.4 is 4.74 Å². The molecule has 110 valence electrons. The van der Waals surface area contributed by atoms with E-state index in [-0.39, 0.29) is 11.9 Å². The molecule has 1 heterocycles. The lowest BCUT2D eigenvalue weighted by atomic mass is 10.0. The molecule has 0 saturated carbocycles. The number of carbonyl (C=O) groups excluding carboxylic acids is 1. The van der Waals surface area contributed by atoms with Crippen LogP contribution in [0.15, 0.2) is 18.2 Å². The van der Waals surface area contributed by atoms with Crippen LogP contribution in [0.3, 0.4) is 0 Å². The molecule has 0 aliphatic carbocycles. The van der Waals surface area contributed by atoms with E-state index in [0.29, 0.717) is 12.3 Å². The van der Waals surface area contributed by atoms with Crippen molar-refractivity contribution in [2.45, 2.75) is 46.1 Å². The van der Waals surface area contributed by atoms with Gasteiger partial charge in [-0.25, -0.2) is 0 Å². The minimum Gasteiger partial charge on any atom is -0.490 e. The summed E-state index contributed by atoms with van der Waals surface area (Å²) in [6, 6.07) is 5.86. The largest absolute Gasteiger partial charge is 0.490 e. The Morgan fingerprint density at radius 1 is 1.25 bits per heavy atom. The highest BCUT2D eigenvalue weighted by molar-refractivity contribution is 6.00. The summed E-state index contributed by atoms with van der Waals surface area (Å²) >= 11 is 0. The van der Waals surface area contributed by atoms with Crippen molar-refractivity contribution in [3.05, 3.63) is 29.3 Å². The molecule has 0 radical (unpaired) electrons. The van der Waals surface area contributed by atoms with Gasteiger partial charge in [0, 0.05) is 0 Å². The zero-order valence-electron chi connectivity index (χ0n) is 12.8. The van der Waals surface area contributed by atoms with Crippen molar-refractivity contribution in [2.75, 3.05) is 19.6 Å². The third kappa shape index (κ3) is 4.07. The number of ether oxygens (including phenoxy) is 1. The van der Waals surface area contributed by atoms with Gasteiger partial charge in [0.2, 0.25) is 0 Å². The predicted octanol–water partition coefficient (Wildman–Crippen LogP) is 3.45. The second-order valence-electron chi connectivity index (χ2n) is 5.93. The van der Waals surface area contributed by atoms with Gasteiger partial charge in [-0.05, 0) is 58.8 Å². The molecule has 1 saturated heterocycles. The van der Waals surface area contributed by atoms with Gasteiger partial charge < -0.3 is 4.74 Å².